The molecule has 0 radical (unpaired) electrons. The Hall–Kier alpha value is -4.73. The summed E-state index contributed by atoms with van der Waals surface area (Å²) >= 11 is 0. The molecule has 3 aromatic rings. The lowest BCUT2D eigenvalue weighted by Gasteiger charge is -2.14. The summed E-state index contributed by atoms with van der Waals surface area (Å²) in [5, 5.41) is 13.9. The lowest BCUT2D eigenvalue weighted by atomic mass is 10.1. The van der Waals surface area contributed by atoms with Crippen molar-refractivity contribution in [2.75, 3.05) is 19.5 Å². The van der Waals surface area contributed by atoms with Crippen molar-refractivity contribution >= 4 is 29.2 Å². The summed E-state index contributed by atoms with van der Waals surface area (Å²) in [6.07, 6.45) is -0.216. The van der Waals surface area contributed by atoms with Crippen LogP contribution in [0.2, 0.25) is 0 Å². The molecule has 0 heterocycles. The van der Waals surface area contributed by atoms with E-state index in [9.17, 15) is 24.5 Å². The van der Waals surface area contributed by atoms with E-state index in [2.05, 4.69) is 10.1 Å². The molecule has 0 aromatic heterocycles. The molecule has 0 saturated heterocycles. The second kappa shape index (κ2) is 10.7. The van der Waals surface area contributed by atoms with Gasteiger partial charge in [-0.1, -0.05) is 30.3 Å². The number of methoxy groups -OCH3 is 2. The van der Waals surface area contributed by atoms with Crippen LogP contribution in [0.4, 0.5) is 11.4 Å². The summed E-state index contributed by atoms with van der Waals surface area (Å²) in [6, 6.07) is 16.7. The molecule has 3 rings (SSSR count). The zero-order valence-electron chi connectivity index (χ0n) is 18.3. The number of carbonyl (C=O) groups is 3. The predicted octanol–water partition coefficient (Wildman–Crippen LogP) is 4.14. The van der Waals surface area contributed by atoms with Crippen molar-refractivity contribution in [3.63, 3.8) is 0 Å². The van der Waals surface area contributed by atoms with Crippen molar-refractivity contribution in [1.29, 1.82) is 0 Å². The molecule has 0 saturated carbocycles. The Balaban J connectivity index is 1.84. The second-order valence-electron chi connectivity index (χ2n) is 6.90. The number of ether oxygens (including phenoxy) is 3. The summed E-state index contributed by atoms with van der Waals surface area (Å²) in [6.45, 7) is 0. The Morgan fingerprint density at radius 1 is 0.882 bits per heavy atom. The highest BCUT2D eigenvalue weighted by Crippen LogP contribution is 2.31. The zero-order chi connectivity index (χ0) is 24.7. The highest BCUT2D eigenvalue weighted by molar-refractivity contribution is 6.03. The average molecular weight is 464 g/mol. The highest BCUT2D eigenvalue weighted by atomic mass is 16.6. The van der Waals surface area contributed by atoms with E-state index >= 15 is 0 Å². The standard InChI is InChI=1S/C24H20N2O8/c1-32-23(28)17-12-11-16(14-18(17)24(29)33-2)34-21-10-6-4-8-19(21)25-22(27)13-15-7-3-5-9-20(15)26(30)31/h3-12,14H,13H2,1-2H3,(H,25,27). The van der Waals surface area contributed by atoms with Crippen LogP contribution >= 0.6 is 0 Å². The van der Waals surface area contributed by atoms with Crippen LogP contribution in [0.25, 0.3) is 0 Å². The monoisotopic (exact) mass is 464 g/mol. The number of nitro benzene ring substituents is 1. The normalized spacial score (nSPS) is 10.2. The van der Waals surface area contributed by atoms with Crippen LogP contribution in [0.1, 0.15) is 26.3 Å². The van der Waals surface area contributed by atoms with Crippen LogP contribution in [-0.2, 0) is 20.7 Å². The zero-order valence-corrected chi connectivity index (χ0v) is 18.3. The molecule has 10 nitrogen and oxygen atoms in total. The van der Waals surface area contributed by atoms with E-state index in [1.807, 2.05) is 0 Å². The van der Waals surface area contributed by atoms with Crippen LogP contribution in [0.5, 0.6) is 11.5 Å². The number of benzene rings is 3. The van der Waals surface area contributed by atoms with Gasteiger partial charge in [0, 0.05) is 11.6 Å². The van der Waals surface area contributed by atoms with Gasteiger partial charge in [-0.15, -0.1) is 0 Å². The Bertz CT molecular complexity index is 1260. The van der Waals surface area contributed by atoms with Crippen molar-refractivity contribution in [2.45, 2.75) is 6.42 Å². The first-order valence-corrected chi connectivity index (χ1v) is 9.93. The van der Waals surface area contributed by atoms with Crippen LogP contribution in [-0.4, -0.2) is 37.0 Å². The summed E-state index contributed by atoms with van der Waals surface area (Å²) in [7, 11) is 2.37. The maximum atomic E-state index is 12.6. The van der Waals surface area contributed by atoms with Gasteiger partial charge in [0.05, 0.1) is 42.4 Å². The summed E-state index contributed by atoms with van der Waals surface area (Å²) in [5.41, 5.74) is 0.382. The topological polar surface area (TPSA) is 134 Å². The molecular weight excluding hydrogens is 444 g/mol. The number of nitro groups is 1. The van der Waals surface area contributed by atoms with Gasteiger partial charge in [0.25, 0.3) is 5.69 Å². The third-order valence-electron chi connectivity index (χ3n) is 4.73. The maximum Gasteiger partial charge on any atom is 0.338 e. The lowest BCUT2D eigenvalue weighted by molar-refractivity contribution is -0.385. The summed E-state index contributed by atoms with van der Waals surface area (Å²) < 4.78 is 15.3. The Morgan fingerprint density at radius 3 is 2.24 bits per heavy atom. The van der Waals surface area contributed by atoms with E-state index in [-0.39, 0.29) is 40.3 Å². The lowest BCUT2D eigenvalue weighted by Crippen LogP contribution is -2.15. The maximum absolute atomic E-state index is 12.6. The number of esters is 2. The van der Waals surface area contributed by atoms with E-state index in [1.165, 1.54) is 50.6 Å². The smallest absolute Gasteiger partial charge is 0.338 e. The van der Waals surface area contributed by atoms with Gasteiger partial charge in [0.1, 0.15) is 5.75 Å². The first-order chi connectivity index (χ1) is 16.3. The molecule has 1 amide bonds. The number of nitrogens with zero attached hydrogens (tertiary/aromatic N) is 1. The third-order valence-corrected chi connectivity index (χ3v) is 4.73. The minimum atomic E-state index is -0.753. The summed E-state index contributed by atoms with van der Waals surface area (Å²) in [4.78, 5) is 47.3. The minimum Gasteiger partial charge on any atom is -0.465 e. The van der Waals surface area contributed by atoms with E-state index in [0.29, 0.717) is 5.69 Å². The fraction of sp³-hybridized carbons (Fsp3) is 0.125. The molecule has 0 unspecified atom stereocenters. The number of carbonyl (C=O) groups excluding carboxylic acids is 3. The van der Waals surface area contributed by atoms with E-state index < -0.39 is 22.8 Å². The quantitative estimate of drug-likeness (QED) is 0.299. The molecule has 1 N–H and O–H groups in total. The third kappa shape index (κ3) is 5.54. The fourth-order valence-electron chi connectivity index (χ4n) is 3.15. The van der Waals surface area contributed by atoms with E-state index in [1.54, 1.807) is 30.3 Å². The van der Waals surface area contributed by atoms with Gasteiger partial charge in [-0.25, -0.2) is 9.59 Å². The molecule has 0 spiro atoms. The summed E-state index contributed by atoms with van der Waals surface area (Å²) in [5.74, 6) is -1.50. The Kier molecular flexibility index (Phi) is 7.55. The molecule has 0 atom stereocenters. The number of hydrogen-bond acceptors (Lipinski definition) is 8. The second-order valence-corrected chi connectivity index (χ2v) is 6.90. The Morgan fingerprint density at radius 2 is 1.53 bits per heavy atom. The number of amides is 1. The van der Waals surface area contributed by atoms with Gasteiger partial charge in [-0.3, -0.25) is 14.9 Å². The molecule has 34 heavy (non-hydrogen) atoms. The van der Waals surface area contributed by atoms with E-state index in [4.69, 9.17) is 9.47 Å². The molecule has 0 bridgehead atoms. The van der Waals surface area contributed by atoms with Crippen molar-refractivity contribution in [3.05, 3.63) is 93.5 Å². The van der Waals surface area contributed by atoms with Gasteiger partial charge in [-0.05, 0) is 30.3 Å². The van der Waals surface area contributed by atoms with Crippen LogP contribution in [0.3, 0.4) is 0 Å². The SMILES string of the molecule is COC(=O)c1ccc(Oc2ccccc2NC(=O)Cc2ccccc2[N+](=O)[O-])cc1C(=O)OC. The first kappa shape index (κ1) is 23.9. The number of nitrogens with one attached hydrogen (secondary N) is 1. The highest BCUT2D eigenvalue weighted by Gasteiger charge is 2.20. The molecule has 0 fully saturated rings. The molecule has 3 aromatic carbocycles. The molecule has 0 aliphatic carbocycles. The van der Waals surface area contributed by atoms with Crippen molar-refractivity contribution in [3.8, 4) is 11.5 Å². The number of para-hydroxylation sites is 3. The van der Waals surface area contributed by atoms with Gasteiger partial charge >= 0.3 is 11.9 Å². The number of rotatable bonds is 8. The first-order valence-electron chi connectivity index (χ1n) is 9.93. The van der Waals surface area contributed by atoms with E-state index in [0.717, 1.165) is 0 Å². The van der Waals surface area contributed by atoms with Crippen LogP contribution < -0.4 is 10.1 Å². The number of anilines is 1. The van der Waals surface area contributed by atoms with Gasteiger partial charge in [0.15, 0.2) is 5.75 Å². The van der Waals surface area contributed by atoms with Crippen molar-refractivity contribution in [1.82, 2.24) is 0 Å². The Labute approximate surface area is 194 Å². The molecule has 0 aliphatic rings. The van der Waals surface area contributed by atoms with Crippen molar-refractivity contribution in [2.24, 2.45) is 0 Å². The molecule has 10 heteroatoms. The fourth-order valence-corrected chi connectivity index (χ4v) is 3.15. The van der Waals surface area contributed by atoms with Gasteiger partial charge in [-0.2, -0.15) is 0 Å². The van der Waals surface area contributed by atoms with Crippen LogP contribution in [0, 0.1) is 10.1 Å². The molecule has 174 valence electrons. The largest absolute Gasteiger partial charge is 0.465 e. The number of hydrogen-bond donors (Lipinski definition) is 1. The molecular formula is C24H20N2O8. The van der Waals surface area contributed by atoms with Crippen molar-refractivity contribution < 1.29 is 33.5 Å². The minimum absolute atomic E-state index is 0.00717. The molecule has 0 aliphatic heterocycles. The van der Waals surface area contributed by atoms with Gasteiger partial charge < -0.3 is 19.5 Å². The van der Waals surface area contributed by atoms with Crippen LogP contribution in [0.15, 0.2) is 66.7 Å². The predicted molar refractivity (Wildman–Crippen MR) is 121 cm³/mol. The van der Waals surface area contributed by atoms with Gasteiger partial charge in [0.2, 0.25) is 5.91 Å². The average Bonchev–Trinajstić information content (AvgIpc) is 2.84.